The Labute approximate surface area is 107 Å². The minimum absolute atomic E-state index is 0. The maximum Gasteiger partial charge on any atom is 0.0573 e. The Morgan fingerprint density at radius 3 is 2.75 bits per heavy atom. The maximum atomic E-state index is 9.71. The summed E-state index contributed by atoms with van der Waals surface area (Å²) in [6.45, 7) is 2.93. The van der Waals surface area contributed by atoms with Crippen molar-refractivity contribution >= 4 is 24.0 Å². The molecule has 1 heterocycles. The number of hydrogen-bond donors (Lipinski definition) is 2. The van der Waals surface area contributed by atoms with Crippen LogP contribution in [-0.2, 0) is 5.54 Å². The van der Waals surface area contributed by atoms with E-state index in [9.17, 15) is 5.11 Å². The van der Waals surface area contributed by atoms with Gasteiger partial charge in [0.15, 0.2) is 0 Å². The number of nitrogens with one attached hydrogen (secondary N) is 1. The van der Waals surface area contributed by atoms with Crippen LogP contribution in [0.4, 0.5) is 0 Å². The second-order valence-corrected chi connectivity index (χ2v) is 4.79. The van der Waals surface area contributed by atoms with Crippen molar-refractivity contribution in [3.63, 3.8) is 0 Å². The van der Waals surface area contributed by atoms with E-state index in [1.807, 2.05) is 24.3 Å². The van der Waals surface area contributed by atoms with Crippen LogP contribution in [0.25, 0.3) is 0 Å². The first-order chi connectivity index (χ1) is 7.12. The molecule has 1 fully saturated rings. The van der Waals surface area contributed by atoms with E-state index in [-0.39, 0.29) is 24.0 Å². The molecule has 1 aromatic carbocycles. The number of piperidine rings is 1. The molecule has 0 amide bonds. The van der Waals surface area contributed by atoms with Gasteiger partial charge in [0.25, 0.3) is 0 Å². The summed E-state index contributed by atoms with van der Waals surface area (Å²) in [6.07, 6.45) is 1.31. The Morgan fingerprint density at radius 1 is 1.44 bits per heavy atom. The molecule has 1 saturated heterocycles. The summed E-state index contributed by atoms with van der Waals surface area (Å²) in [4.78, 5) is 0. The lowest BCUT2D eigenvalue weighted by atomic mass is 9.83. The normalized spacial score (nSPS) is 29.6. The third-order valence-corrected chi connectivity index (χ3v) is 3.43. The summed E-state index contributed by atoms with van der Waals surface area (Å²) in [6, 6.07) is 7.82. The van der Waals surface area contributed by atoms with Crippen LogP contribution in [0.5, 0.6) is 0 Å². The molecule has 1 aliphatic heterocycles. The average Bonchev–Trinajstić information content (AvgIpc) is 2.17. The molecule has 90 valence electrons. The van der Waals surface area contributed by atoms with Crippen molar-refractivity contribution in [1.29, 1.82) is 0 Å². The molecule has 1 aliphatic rings. The standard InChI is InChI=1S/C12H16ClNO.ClH/c1-12(8-9(15)6-7-14-12)10-4-2-3-5-11(10)13;/h2-5,9,14-15H,6-8H2,1H3;1H. The topological polar surface area (TPSA) is 32.3 Å². The van der Waals surface area contributed by atoms with E-state index >= 15 is 0 Å². The fraction of sp³-hybridized carbons (Fsp3) is 0.500. The van der Waals surface area contributed by atoms with Crippen molar-refractivity contribution in [2.24, 2.45) is 0 Å². The molecule has 0 radical (unpaired) electrons. The van der Waals surface area contributed by atoms with Gasteiger partial charge in [0.2, 0.25) is 0 Å². The summed E-state index contributed by atoms with van der Waals surface area (Å²) < 4.78 is 0. The van der Waals surface area contributed by atoms with Gasteiger partial charge in [-0.3, -0.25) is 0 Å². The van der Waals surface area contributed by atoms with Crippen LogP contribution < -0.4 is 5.32 Å². The number of benzene rings is 1. The van der Waals surface area contributed by atoms with Crippen molar-refractivity contribution in [3.8, 4) is 0 Å². The molecule has 0 aromatic heterocycles. The minimum Gasteiger partial charge on any atom is -0.393 e. The van der Waals surface area contributed by atoms with Gasteiger partial charge in [0.1, 0.15) is 0 Å². The van der Waals surface area contributed by atoms with Gasteiger partial charge in [-0.1, -0.05) is 29.8 Å². The molecule has 2 nitrogen and oxygen atoms in total. The Bertz CT molecular complexity index is 359. The average molecular weight is 262 g/mol. The molecular weight excluding hydrogens is 245 g/mol. The van der Waals surface area contributed by atoms with E-state index in [4.69, 9.17) is 11.6 Å². The fourth-order valence-electron chi connectivity index (χ4n) is 2.27. The van der Waals surface area contributed by atoms with Crippen molar-refractivity contribution < 1.29 is 5.11 Å². The van der Waals surface area contributed by atoms with Crippen LogP contribution >= 0.6 is 24.0 Å². The summed E-state index contributed by atoms with van der Waals surface area (Å²) in [5.74, 6) is 0. The highest BCUT2D eigenvalue weighted by Crippen LogP contribution is 2.34. The zero-order valence-corrected chi connectivity index (χ0v) is 10.8. The predicted molar refractivity (Wildman–Crippen MR) is 69.3 cm³/mol. The molecule has 2 atom stereocenters. The lowest BCUT2D eigenvalue weighted by molar-refractivity contribution is 0.0835. The molecule has 2 rings (SSSR count). The molecule has 0 aliphatic carbocycles. The van der Waals surface area contributed by atoms with E-state index in [0.717, 1.165) is 30.0 Å². The van der Waals surface area contributed by atoms with Gasteiger partial charge in [-0.15, -0.1) is 12.4 Å². The third kappa shape index (κ3) is 2.69. The quantitative estimate of drug-likeness (QED) is 0.815. The number of hydrogen-bond acceptors (Lipinski definition) is 2. The fourth-order valence-corrected chi connectivity index (χ4v) is 2.62. The first-order valence-corrected chi connectivity index (χ1v) is 5.68. The van der Waals surface area contributed by atoms with Gasteiger partial charge in [-0.25, -0.2) is 0 Å². The van der Waals surface area contributed by atoms with E-state index in [1.165, 1.54) is 0 Å². The first kappa shape index (κ1) is 13.8. The summed E-state index contributed by atoms with van der Waals surface area (Å²) in [5.41, 5.74) is 0.876. The molecule has 2 N–H and O–H groups in total. The van der Waals surface area contributed by atoms with Crippen molar-refractivity contribution in [2.45, 2.75) is 31.4 Å². The van der Waals surface area contributed by atoms with Gasteiger partial charge in [0.05, 0.1) is 6.10 Å². The summed E-state index contributed by atoms with van der Waals surface area (Å²) >= 11 is 6.17. The van der Waals surface area contributed by atoms with Crippen LogP contribution in [0.2, 0.25) is 5.02 Å². The highest BCUT2D eigenvalue weighted by Gasteiger charge is 2.33. The van der Waals surface area contributed by atoms with Crippen molar-refractivity contribution in [3.05, 3.63) is 34.9 Å². The molecule has 16 heavy (non-hydrogen) atoms. The third-order valence-electron chi connectivity index (χ3n) is 3.10. The predicted octanol–water partition coefficient (Wildman–Crippen LogP) is 2.72. The lowest BCUT2D eigenvalue weighted by Crippen LogP contribution is -2.48. The van der Waals surface area contributed by atoms with Gasteiger partial charge < -0.3 is 10.4 Å². The highest BCUT2D eigenvalue weighted by atomic mass is 35.5. The van der Waals surface area contributed by atoms with Crippen LogP contribution in [0.1, 0.15) is 25.3 Å². The lowest BCUT2D eigenvalue weighted by Gasteiger charge is -2.38. The van der Waals surface area contributed by atoms with Crippen LogP contribution in [0.15, 0.2) is 24.3 Å². The molecule has 0 spiro atoms. The zero-order valence-electron chi connectivity index (χ0n) is 9.24. The zero-order chi connectivity index (χ0) is 10.9. The largest absolute Gasteiger partial charge is 0.393 e. The minimum atomic E-state index is -0.229. The molecule has 0 bridgehead atoms. The molecule has 4 heteroatoms. The number of rotatable bonds is 1. The Morgan fingerprint density at radius 2 is 2.12 bits per heavy atom. The van der Waals surface area contributed by atoms with Crippen molar-refractivity contribution in [2.75, 3.05) is 6.54 Å². The monoisotopic (exact) mass is 261 g/mol. The smallest absolute Gasteiger partial charge is 0.0573 e. The summed E-state index contributed by atoms with van der Waals surface area (Å²) in [7, 11) is 0. The van der Waals surface area contributed by atoms with E-state index < -0.39 is 0 Å². The molecular formula is C12H17Cl2NO. The highest BCUT2D eigenvalue weighted by molar-refractivity contribution is 6.31. The molecule has 0 saturated carbocycles. The molecule has 1 aromatic rings. The van der Waals surface area contributed by atoms with E-state index in [0.29, 0.717) is 0 Å². The first-order valence-electron chi connectivity index (χ1n) is 5.30. The van der Waals surface area contributed by atoms with Crippen molar-refractivity contribution in [1.82, 2.24) is 5.32 Å². The SMILES string of the molecule is CC1(c2ccccc2Cl)CC(O)CCN1.Cl. The Kier molecular flexibility index (Phi) is 4.62. The van der Waals surface area contributed by atoms with Crippen LogP contribution in [0, 0.1) is 0 Å². The van der Waals surface area contributed by atoms with Gasteiger partial charge >= 0.3 is 0 Å². The van der Waals surface area contributed by atoms with Crippen LogP contribution in [0.3, 0.4) is 0 Å². The van der Waals surface area contributed by atoms with Gasteiger partial charge in [-0.2, -0.15) is 0 Å². The van der Waals surface area contributed by atoms with Gasteiger partial charge in [-0.05, 0) is 37.9 Å². The Hall–Kier alpha value is -0.280. The maximum absolute atomic E-state index is 9.71. The van der Waals surface area contributed by atoms with Crippen LogP contribution in [-0.4, -0.2) is 17.8 Å². The second-order valence-electron chi connectivity index (χ2n) is 4.39. The number of aliphatic hydroxyl groups excluding tert-OH is 1. The Balaban J connectivity index is 0.00000128. The van der Waals surface area contributed by atoms with E-state index in [2.05, 4.69) is 12.2 Å². The molecule has 2 unspecified atom stereocenters. The number of halogens is 2. The second kappa shape index (κ2) is 5.37. The summed E-state index contributed by atoms with van der Waals surface area (Å²) in [5, 5.41) is 13.9. The van der Waals surface area contributed by atoms with Gasteiger partial charge in [0, 0.05) is 10.6 Å². The number of aliphatic hydroxyl groups is 1. The van der Waals surface area contributed by atoms with E-state index in [1.54, 1.807) is 0 Å².